The maximum atomic E-state index is 11.8. The molecule has 0 saturated heterocycles. The molecule has 1 unspecified atom stereocenters. The first-order chi connectivity index (χ1) is 10.6. The van der Waals surface area contributed by atoms with Crippen LogP contribution in [-0.2, 0) is 4.79 Å². The molecule has 2 aromatic rings. The van der Waals surface area contributed by atoms with Crippen LogP contribution in [0.25, 0.3) is 0 Å². The molecule has 0 aliphatic heterocycles. The van der Waals surface area contributed by atoms with Crippen LogP contribution in [0.1, 0.15) is 31.7 Å². The Balaban J connectivity index is 1.84. The molecule has 0 spiro atoms. The zero-order valence-electron chi connectivity index (χ0n) is 12.8. The third-order valence-corrected chi connectivity index (χ3v) is 4.09. The number of anilines is 1. The van der Waals surface area contributed by atoms with E-state index in [1.54, 1.807) is 0 Å². The van der Waals surface area contributed by atoms with E-state index in [0.717, 1.165) is 16.6 Å². The average molecular weight is 362 g/mol. The summed E-state index contributed by atoms with van der Waals surface area (Å²) in [6, 6.07) is 15.4. The quantitative estimate of drug-likeness (QED) is 0.787. The number of ether oxygens (including phenoxy) is 1. The number of nitrogens with one attached hydrogen (secondary N) is 1. The van der Waals surface area contributed by atoms with Gasteiger partial charge in [-0.25, -0.2) is 0 Å². The molecule has 0 fully saturated rings. The topological polar surface area (TPSA) is 38.3 Å². The highest BCUT2D eigenvalue weighted by atomic mass is 79.9. The lowest BCUT2D eigenvalue weighted by Crippen LogP contribution is -2.20. The van der Waals surface area contributed by atoms with E-state index in [9.17, 15) is 4.79 Å². The molecule has 0 bridgehead atoms. The normalized spacial score (nSPS) is 11.8. The van der Waals surface area contributed by atoms with Gasteiger partial charge in [0.05, 0.1) is 0 Å². The number of hydrogen-bond acceptors (Lipinski definition) is 2. The van der Waals surface area contributed by atoms with Crippen LogP contribution < -0.4 is 10.1 Å². The lowest BCUT2D eigenvalue weighted by atomic mass is 9.99. The summed E-state index contributed by atoms with van der Waals surface area (Å²) in [6.07, 6.45) is 1.11. The maximum absolute atomic E-state index is 11.8. The summed E-state index contributed by atoms with van der Waals surface area (Å²) in [5.74, 6) is 1.07. The Morgan fingerprint density at radius 1 is 1.14 bits per heavy atom. The van der Waals surface area contributed by atoms with E-state index in [-0.39, 0.29) is 12.5 Å². The molecule has 116 valence electrons. The van der Waals surface area contributed by atoms with Gasteiger partial charge in [0.1, 0.15) is 5.75 Å². The predicted octanol–water partition coefficient (Wildman–Crippen LogP) is 4.98. The minimum Gasteiger partial charge on any atom is -0.484 e. The SMILES string of the molecule is CCC(C)c1ccc(OCC(=O)Nc2ccc(Br)cc2)cc1. The number of hydrogen-bond donors (Lipinski definition) is 1. The molecule has 0 aromatic heterocycles. The number of carbonyl (C=O) groups excluding carboxylic acids is 1. The van der Waals surface area contributed by atoms with Crippen LogP contribution in [0, 0.1) is 0 Å². The fourth-order valence-corrected chi connectivity index (χ4v) is 2.27. The number of benzene rings is 2. The van der Waals surface area contributed by atoms with Gasteiger partial charge >= 0.3 is 0 Å². The van der Waals surface area contributed by atoms with Crippen molar-refractivity contribution in [1.29, 1.82) is 0 Å². The van der Waals surface area contributed by atoms with E-state index in [2.05, 4.69) is 47.2 Å². The van der Waals surface area contributed by atoms with Gasteiger partial charge in [-0.3, -0.25) is 4.79 Å². The van der Waals surface area contributed by atoms with Gasteiger partial charge in [0.25, 0.3) is 5.91 Å². The highest BCUT2D eigenvalue weighted by molar-refractivity contribution is 9.10. The molecule has 1 N–H and O–H groups in total. The largest absolute Gasteiger partial charge is 0.484 e. The lowest BCUT2D eigenvalue weighted by Gasteiger charge is -2.11. The fourth-order valence-electron chi connectivity index (χ4n) is 2.01. The van der Waals surface area contributed by atoms with Crippen molar-refractivity contribution in [1.82, 2.24) is 0 Å². The first-order valence-corrected chi connectivity index (χ1v) is 8.16. The molecular weight excluding hydrogens is 342 g/mol. The minimum atomic E-state index is -0.173. The molecule has 0 radical (unpaired) electrons. The Bertz CT molecular complexity index is 608. The van der Waals surface area contributed by atoms with Gasteiger partial charge in [0.2, 0.25) is 0 Å². The van der Waals surface area contributed by atoms with Gasteiger partial charge in [0.15, 0.2) is 6.61 Å². The van der Waals surface area contributed by atoms with Crippen molar-refractivity contribution in [2.24, 2.45) is 0 Å². The van der Waals surface area contributed by atoms with Gasteiger partial charge in [-0.2, -0.15) is 0 Å². The molecule has 3 nitrogen and oxygen atoms in total. The smallest absolute Gasteiger partial charge is 0.262 e. The molecule has 22 heavy (non-hydrogen) atoms. The first kappa shape index (κ1) is 16.6. The van der Waals surface area contributed by atoms with Crippen molar-refractivity contribution in [2.45, 2.75) is 26.2 Å². The Hall–Kier alpha value is -1.81. The van der Waals surface area contributed by atoms with Crippen molar-refractivity contribution >= 4 is 27.5 Å². The molecule has 4 heteroatoms. The Labute approximate surface area is 139 Å². The highest BCUT2D eigenvalue weighted by Crippen LogP contribution is 2.21. The van der Waals surface area contributed by atoms with Gasteiger partial charge in [-0.1, -0.05) is 41.9 Å². The van der Waals surface area contributed by atoms with E-state index in [0.29, 0.717) is 11.7 Å². The van der Waals surface area contributed by atoms with Crippen LogP contribution in [0.2, 0.25) is 0 Å². The van der Waals surface area contributed by atoms with Gasteiger partial charge < -0.3 is 10.1 Å². The summed E-state index contributed by atoms with van der Waals surface area (Å²) >= 11 is 3.36. The van der Waals surface area contributed by atoms with Gasteiger partial charge in [-0.05, 0) is 54.3 Å². The molecule has 0 heterocycles. The molecule has 0 saturated carbocycles. The second-order valence-electron chi connectivity index (χ2n) is 5.22. The third-order valence-electron chi connectivity index (χ3n) is 3.56. The summed E-state index contributed by atoms with van der Waals surface area (Å²) < 4.78 is 6.49. The van der Waals surface area contributed by atoms with E-state index in [4.69, 9.17) is 4.74 Å². The summed E-state index contributed by atoms with van der Waals surface area (Å²) in [7, 11) is 0. The zero-order valence-corrected chi connectivity index (χ0v) is 14.4. The lowest BCUT2D eigenvalue weighted by molar-refractivity contribution is -0.118. The second-order valence-corrected chi connectivity index (χ2v) is 6.14. The van der Waals surface area contributed by atoms with E-state index in [1.807, 2.05) is 36.4 Å². The van der Waals surface area contributed by atoms with Crippen molar-refractivity contribution in [3.63, 3.8) is 0 Å². The molecule has 1 atom stereocenters. The zero-order chi connectivity index (χ0) is 15.9. The molecule has 0 aliphatic carbocycles. The second kappa shape index (κ2) is 7.99. The standard InChI is InChI=1S/C18H20BrNO2/c1-3-13(2)14-4-10-17(11-5-14)22-12-18(21)20-16-8-6-15(19)7-9-16/h4-11,13H,3,12H2,1-2H3,(H,20,21). The van der Waals surface area contributed by atoms with Crippen molar-refractivity contribution in [2.75, 3.05) is 11.9 Å². The van der Waals surface area contributed by atoms with E-state index in [1.165, 1.54) is 5.56 Å². The number of amides is 1. The van der Waals surface area contributed by atoms with Crippen LogP contribution in [0.4, 0.5) is 5.69 Å². The summed E-state index contributed by atoms with van der Waals surface area (Å²) in [5, 5.41) is 2.79. The van der Waals surface area contributed by atoms with Crippen LogP contribution >= 0.6 is 15.9 Å². The minimum absolute atomic E-state index is 0.00125. The summed E-state index contributed by atoms with van der Waals surface area (Å²) in [5.41, 5.74) is 2.04. The van der Waals surface area contributed by atoms with Crippen molar-refractivity contribution in [3.05, 3.63) is 58.6 Å². The number of carbonyl (C=O) groups is 1. The molecule has 0 aliphatic rings. The average Bonchev–Trinajstić information content (AvgIpc) is 2.55. The van der Waals surface area contributed by atoms with Crippen molar-refractivity contribution < 1.29 is 9.53 Å². The summed E-state index contributed by atoms with van der Waals surface area (Å²) in [4.78, 5) is 11.8. The monoisotopic (exact) mass is 361 g/mol. The van der Waals surface area contributed by atoms with E-state index >= 15 is 0 Å². The molecule has 1 amide bonds. The maximum Gasteiger partial charge on any atom is 0.262 e. The predicted molar refractivity (Wildman–Crippen MR) is 93.4 cm³/mol. The van der Waals surface area contributed by atoms with Crippen LogP contribution in [0.5, 0.6) is 5.75 Å². The third kappa shape index (κ3) is 4.88. The molecule has 2 aromatic carbocycles. The molecule has 2 rings (SSSR count). The van der Waals surface area contributed by atoms with Gasteiger partial charge in [0, 0.05) is 10.2 Å². The van der Waals surface area contributed by atoms with Crippen LogP contribution in [0.3, 0.4) is 0 Å². The van der Waals surface area contributed by atoms with Gasteiger partial charge in [-0.15, -0.1) is 0 Å². The van der Waals surface area contributed by atoms with E-state index < -0.39 is 0 Å². The number of rotatable bonds is 6. The highest BCUT2D eigenvalue weighted by Gasteiger charge is 2.05. The first-order valence-electron chi connectivity index (χ1n) is 7.36. The van der Waals surface area contributed by atoms with Crippen LogP contribution in [-0.4, -0.2) is 12.5 Å². The Kier molecular flexibility index (Phi) is 6.01. The Morgan fingerprint density at radius 3 is 2.36 bits per heavy atom. The number of halogens is 1. The van der Waals surface area contributed by atoms with Crippen molar-refractivity contribution in [3.8, 4) is 5.75 Å². The summed E-state index contributed by atoms with van der Waals surface area (Å²) in [6.45, 7) is 4.36. The molecular formula is C18H20BrNO2. The fraction of sp³-hybridized carbons (Fsp3) is 0.278. The van der Waals surface area contributed by atoms with Crippen LogP contribution in [0.15, 0.2) is 53.0 Å². The Morgan fingerprint density at radius 2 is 1.77 bits per heavy atom.